The lowest BCUT2D eigenvalue weighted by molar-refractivity contribution is 0.0171. The molecule has 0 aromatic rings. The molecule has 0 aromatic heterocycles. The molecule has 1 aliphatic rings. The Labute approximate surface area is 98.9 Å². The van der Waals surface area contributed by atoms with E-state index in [-0.39, 0.29) is 0 Å². The Bertz CT molecular complexity index is 308. The summed E-state index contributed by atoms with van der Waals surface area (Å²) < 4.78 is 23.0. The predicted molar refractivity (Wildman–Crippen MR) is 60.9 cm³/mol. The highest BCUT2D eigenvalue weighted by atomic mass is 32.2. The first-order chi connectivity index (χ1) is 7.13. The van der Waals surface area contributed by atoms with Crippen LogP contribution in [0.2, 0.25) is 0 Å². The molecule has 5 nitrogen and oxygen atoms in total. The fourth-order valence-corrected chi connectivity index (χ4v) is 2.32. The summed E-state index contributed by atoms with van der Waals surface area (Å²) in [5.74, 6) is 0. The van der Waals surface area contributed by atoms with Gasteiger partial charge in [-0.15, -0.1) is 0 Å². The standard InChI is InChI=1S/C10H19NO4S/c1-9(2,3)15-8(12)11-10(4,5)6-7-14-16(11)13/h6-7H2,1-5H3. The monoisotopic (exact) mass is 249 g/mol. The van der Waals surface area contributed by atoms with Crippen LogP contribution in [0.1, 0.15) is 41.0 Å². The van der Waals surface area contributed by atoms with Crippen LogP contribution in [0.3, 0.4) is 0 Å². The molecule has 16 heavy (non-hydrogen) atoms. The molecule has 0 radical (unpaired) electrons. The van der Waals surface area contributed by atoms with Gasteiger partial charge in [0, 0.05) is 0 Å². The molecule has 6 heteroatoms. The lowest BCUT2D eigenvalue weighted by Gasteiger charge is -2.39. The molecule has 1 unspecified atom stereocenters. The van der Waals surface area contributed by atoms with Crippen molar-refractivity contribution in [3.63, 3.8) is 0 Å². The summed E-state index contributed by atoms with van der Waals surface area (Å²) in [5.41, 5.74) is -1.11. The van der Waals surface area contributed by atoms with E-state index in [2.05, 4.69) is 0 Å². The molecule has 0 saturated carbocycles. The second-order valence-electron chi connectivity index (χ2n) is 5.38. The van der Waals surface area contributed by atoms with Gasteiger partial charge in [-0.3, -0.25) is 4.18 Å². The van der Waals surface area contributed by atoms with Crippen molar-refractivity contribution in [3.8, 4) is 0 Å². The molecule has 0 spiro atoms. The van der Waals surface area contributed by atoms with Crippen LogP contribution in [0, 0.1) is 0 Å². The van der Waals surface area contributed by atoms with E-state index < -0.39 is 28.5 Å². The Morgan fingerprint density at radius 2 is 2.00 bits per heavy atom. The van der Waals surface area contributed by atoms with Crippen LogP contribution >= 0.6 is 0 Å². The van der Waals surface area contributed by atoms with Crippen molar-refractivity contribution < 1.29 is 17.9 Å². The maximum absolute atomic E-state index is 11.9. The molecule has 1 aliphatic heterocycles. The topological polar surface area (TPSA) is 55.8 Å². The number of rotatable bonds is 0. The highest BCUT2D eigenvalue weighted by Gasteiger charge is 2.42. The maximum Gasteiger partial charge on any atom is 0.424 e. The van der Waals surface area contributed by atoms with Crippen molar-refractivity contribution in [2.24, 2.45) is 0 Å². The van der Waals surface area contributed by atoms with Gasteiger partial charge in [0.05, 0.1) is 12.1 Å². The molecular weight excluding hydrogens is 230 g/mol. The summed E-state index contributed by atoms with van der Waals surface area (Å²) in [6.07, 6.45) is 0.0355. The van der Waals surface area contributed by atoms with Gasteiger partial charge in [-0.2, -0.15) is 4.31 Å². The third-order valence-electron chi connectivity index (χ3n) is 2.16. The molecule has 1 saturated heterocycles. The normalized spacial score (nSPS) is 25.3. The molecule has 1 rings (SSSR count). The van der Waals surface area contributed by atoms with E-state index in [0.29, 0.717) is 13.0 Å². The molecular formula is C10H19NO4S. The van der Waals surface area contributed by atoms with E-state index in [0.717, 1.165) is 4.31 Å². The molecule has 94 valence electrons. The van der Waals surface area contributed by atoms with Crippen LogP contribution in [0.4, 0.5) is 4.79 Å². The van der Waals surface area contributed by atoms with Gasteiger partial charge in [-0.25, -0.2) is 9.00 Å². The number of carbonyl (C=O) groups is 1. The summed E-state index contributed by atoms with van der Waals surface area (Å²) >= 11 is -1.75. The predicted octanol–water partition coefficient (Wildman–Crippen LogP) is 2.00. The number of carbonyl (C=O) groups excluding carboxylic acids is 1. The summed E-state index contributed by atoms with van der Waals surface area (Å²) in [5, 5.41) is 0. The lowest BCUT2D eigenvalue weighted by atomic mass is 10.0. The minimum atomic E-state index is -1.75. The average molecular weight is 249 g/mol. The van der Waals surface area contributed by atoms with Gasteiger partial charge in [0.25, 0.3) is 11.3 Å². The molecule has 0 N–H and O–H groups in total. The van der Waals surface area contributed by atoms with Crippen LogP contribution < -0.4 is 0 Å². The SMILES string of the molecule is CC(C)(C)OC(=O)N1S(=O)OCCC1(C)C. The Morgan fingerprint density at radius 3 is 2.44 bits per heavy atom. The Kier molecular flexibility index (Phi) is 3.64. The Morgan fingerprint density at radius 1 is 1.44 bits per heavy atom. The number of ether oxygens (including phenoxy) is 1. The van der Waals surface area contributed by atoms with E-state index in [4.69, 9.17) is 8.92 Å². The van der Waals surface area contributed by atoms with Gasteiger partial charge in [0.2, 0.25) is 0 Å². The summed E-state index contributed by atoms with van der Waals surface area (Å²) in [7, 11) is 0. The van der Waals surface area contributed by atoms with Crippen molar-refractivity contribution in [2.75, 3.05) is 6.61 Å². The number of hydrogen-bond donors (Lipinski definition) is 0. The van der Waals surface area contributed by atoms with Crippen molar-refractivity contribution >= 4 is 17.4 Å². The number of nitrogens with zero attached hydrogens (tertiary/aromatic N) is 1. The Balaban J connectivity index is 2.83. The first-order valence-corrected chi connectivity index (χ1v) is 6.25. The highest BCUT2D eigenvalue weighted by molar-refractivity contribution is 7.78. The van der Waals surface area contributed by atoms with E-state index in [1.807, 2.05) is 13.8 Å². The van der Waals surface area contributed by atoms with E-state index in [1.54, 1.807) is 20.8 Å². The fourth-order valence-electron chi connectivity index (χ4n) is 1.33. The van der Waals surface area contributed by atoms with Crippen LogP contribution in [-0.2, 0) is 20.2 Å². The summed E-state index contributed by atoms with van der Waals surface area (Å²) in [6.45, 7) is 9.39. The van der Waals surface area contributed by atoms with Crippen LogP contribution in [-0.4, -0.2) is 32.4 Å². The van der Waals surface area contributed by atoms with E-state index >= 15 is 0 Å². The molecule has 1 amide bonds. The average Bonchev–Trinajstić information content (AvgIpc) is 1.97. The van der Waals surface area contributed by atoms with Crippen molar-refractivity contribution in [2.45, 2.75) is 52.2 Å². The van der Waals surface area contributed by atoms with Crippen molar-refractivity contribution in [1.82, 2.24) is 4.31 Å². The van der Waals surface area contributed by atoms with Gasteiger partial charge in [-0.1, -0.05) is 0 Å². The second kappa shape index (κ2) is 4.33. The zero-order valence-electron chi connectivity index (χ0n) is 10.4. The largest absolute Gasteiger partial charge is 0.443 e. The van der Waals surface area contributed by atoms with Gasteiger partial charge in [0.15, 0.2) is 0 Å². The van der Waals surface area contributed by atoms with E-state index in [9.17, 15) is 9.00 Å². The molecule has 1 fully saturated rings. The molecule has 0 aromatic carbocycles. The zero-order chi connectivity index (χ0) is 12.6. The van der Waals surface area contributed by atoms with Crippen LogP contribution in [0.25, 0.3) is 0 Å². The van der Waals surface area contributed by atoms with E-state index in [1.165, 1.54) is 0 Å². The maximum atomic E-state index is 11.9. The highest BCUT2D eigenvalue weighted by Crippen LogP contribution is 2.28. The van der Waals surface area contributed by atoms with Crippen molar-refractivity contribution in [3.05, 3.63) is 0 Å². The first kappa shape index (κ1) is 13.4. The Hall–Kier alpha value is -0.620. The minimum Gasteiger partial charge on any atom is -0.443 e. The minimum absolute atomic E-state index is 0.388. The lowest BCUT2D eigenvalue weighted by Crippen LogP contribution is -2.54. The summed E-state index contributed by atoms with van der Waals surface area (Å²) in [4.78, 5) is 11.9. The third-order valence-corrected chi connectivity index (χ3v) is 3.47. The second-order valence-corrected chi connectivity index (χ2v) is 6.41. The number of amides is 1. The van der Waals surface area contributed by atoms with Crippen LogP contribution in [0.5, 0.6) is 0 Å². The first-order valence-electron chi connectivity index (χ1n) is 5.22. The zero-order valence-corrected chi connectivity index (χ0v) is 11.2. The number of hydrogen-bond acceptors (Lipinski definition) is 4. The summed E-state index contributed by atoms with van der Waals surface area (Å²) in [6, 6.07) is 0. The third kappa shape index (κ3) is 3.18. The van der Waals surface area contributed by atoms with Gasteiger partial charge in [-0.05, 0) is 41.0 Å². The smallest absolute Gasteiger partial charge is 0.424 e. The molecule has 1 heterocycles. The molecule has 1 atom stereocenters. The van der Waals surface area contributed by atoms with Crippen LogP contribution in [0.15, 0.2) is 0 Å². The quantitative estimate of drug-likeness (QED) is 0.659. The molecule has 0 bridgehead atoms. The van der Waals surface area contributed by atoms with Gasteiger partial charge in [0.1, 0.15) is 5.60 Å². The molecule has 0 aliphatic carbocycles. The fraction of sp³-hybridized carbons (Fsp3) is 0.900. The van der Waals surface area contributed by atoms with Crippen molar-refractivity contribution in [1.29, 1.82) is 0 Å². The van der Waals surface area contributed by atoms with Gasteiger partial charge < -0.3 is 4.74 Å². The van der Waals surface area contributed by atoms with Gasteiger partial charge >= 0.3 is 6.09 Å².